The second-order valence-corrected chi connectivity index (χ2v) is 4.75. The van der Waals surface area contributed by atoms with E-state index < -0.39 is 29.9 Å². The average Bonchev–Trinajstić information content (AvgIpc) is 2.32. The van der Waals surface area contributed by atoms with E-state index in [-0.39, 0.29) is 18.8 Å². The predicted octanol–water partition coefficient (Wildman–Crippen LogP) is -0.118. The minimum Gasteiger partial charge on any atom is -0.480 e. The quantitative estimate of drug-likeness (QED) is 0.531. The van der Waals surface area contributed by atoms with Crippen LogP contribution < -0.4 is 11.1 Å². The highest BCUT2D eigenvalue weighted by molar-refractivity contribution is 5.87. The first kappa shape index (κ1) is 17.4. The van der Waals surface area contributed by atoms with Crippen LogP contribution in [0.4, 0.5) is 0 Å². The third-order valence-electron chi connectivity index (χ3n) is 2.54. The Balaban J connectivity index is 4.37. The zero-order valence-corrected chi connectivity index (χ0v) is 11.5. The number of rotatable bonds is 8. The SMILES string of the molecule is COC(=O)CCC(NC(=O)[C@H](N)CC(C)C)C(=O)O. The first-order valence-corrected chi connectivity index (χ1v) is 6.13. The number of esters is 1. The molecule has 0 aromatic carbocycles. The summed E-state index contributed by atoms with van der Waals surface area (Å²) in [5.74, 6) is -2.01. The Morgan fingerprint density at radius 3 is 2.32 bits per heavy atom. The summed E-state index contributed by atoms with van der Waals surface area (Å²) in [6.45, 7) is 3.83. The molecule has 0 saturated heterocycles. The van der Waals surface area contributed by atoms with Gasteiger partial charge >= 0.3 is 11.9 Å². The van der Waals surface area contributed by atoms with Crippen LogP contribution in [0.25, 0.3) is 0 Å². The maximum atomic E-state index is 11.7. The van der Waals surface area contributed by atoms with Crippen molar-refractivity contribution in [1.82, 2.24) is 5.32 Å². The van der Waals surface area contributed by atoms with Gasteiger partial charge in [0.25, 0.3) is 0 Å². The van der Waals surface area contributed by atoms with E-state index in [1.807, 2.05) is 13.8 Å². The van der Waals surface area contributed by atoms with E-state index in [9.17, 15) is 14.4 Å². The van der Waals surface area contributed by atoms with Gasteiger partial charge in [0, 0.05) is 6.42 Å². The molecule has 0 aliphatic carbocycles. The lowest BCUT2D eigenvalue weighted by Gasteiger charge is -2.18. The lowest BCUT2D eigenvalue weighted by atomic mass is 10.0. The summed E-state index contributed by atoms with van der Waals surface area (Å²) < 4.78 is 4.42. The van der Waals surface area contributed by atoms with E-state index in [1.54, 1.807) is 0 Å². The second kappa shape index (κ2) is 8.47. The lowest BCUT2D eigenvalue weighted by Crippen LogP contribution is -2.48. The molecule has 0 fully saturated rings. The van der Waals surface area contributed by atoms with Gasteiger partial charge in [-0.3, -0.25) is 9.59 Å². The normalized spacial score (nSPS) is 13.7. The molecule has 2 atom stereocenters. The molecule has 7 nitrogen and oxygen atoms in total. The van der Waals surface area contributed by atoms with Crippen LogP contribution in [0.1, 0.15) is 33.1 Å². The molecule has 4 N–H and O–H groups in total. The first-order chi connectivity index (χ1) is 8.77. The maximum Gasteiger partial charge on any atom is 0.326 e. The van der Waals surface area contributed by atoms with Crippen LogP contribution >= 0.6 is 0 Å². The Bertz CT molecular complexity index is 330. The molecule has 1 unspecified atom stereocenters. The van der Waals surface area contributed by atoms with E-state index in [4.69, 9.17) is 10.8 Å². The first-order valence-electron chi connectivity index (χ1n) is 6.13. The zero-order valence-electron chi connectivity index (χ0n) is 11.5. The van der Waals surface area contributed by atoms with Crippen LogP contribution in [0.2, 0.25) is 0 Å². The number of carbonyl (C=O) groups is 3. The Morgan fingerprint density at radius 1 is 1.32 bits per heavy atom. The summed E-state index contributed by atoms with van der Waals surface area (Å²) in [7, 11) is 1.22. The highest BCUT2D eigenvalue weighted by Crippen LogP contribution is 2.05. The monoisotopic (exact) mass is 274 g/mol. The van der Waals surface area contributed by atoms with Crippen molar-refractivity contribution in [1.29, 1.82) is 0 Å². The number of nitrogens with one attached hydrogen (secondary N) is 1. The van der Waals surface area contributed by atoms with Crippen molar-refractivity contribution in [2.45, 2.75) is 45.2 Å². The molecule has 0 rings (SSSR count). The van der Waals surface area contributed by atoms with E-state index in [2.05, 4.69) is 10.1 Å². The Labute approximate surface area is 112 Å². The molecule has 0 aromatic heterocycles. The number of carbonyl (C=O) groups excluding carboxylic acids is 2. The van der Waals surface area contributed by atoms with Crippen molar-refractivity contribution in [2.75, 3.05) is 7.11 Å². The van der Waals surface area contributed by atoms with E-state index in [0.29, 0.717) is 6.42 Å². The summed E-state index contributed by atoms with van der Waals surface area (Å²) in [4.78, 5) is 33.6. The fraction of sp³-hybridized carbons (Fsp3) is 0.750. The van der Waals surface area contributed by atoms with E-state index >= 15 is 0 Å². The number of carboxylic acid groups (broad SMARTS) is 1. The van der Waals surface area contributed by atoms with Crippen LogP contribution in [0.15, 0.2) is 0 Å². The van der Waals surface area contributed by atoms with Gasteiger partial charge in [-0.25, -0.2) is 4.79 Å². The molecule has 19 heavy (non-hydrogen) atoms. The van der Waals surface area contributed by atoms with E-state index in [1.165, 1.54) is 7.11 Å². The molecule has 0 heterocycles. The Morgan fingerprint density at radius 2 is 1.89 bits per heavy atom. The minimum absolute atomic E-state index is 0.0256. The van der Waals surface area contributed by atoms with Crippen molar-refractivity contribution >= 4 is 17.8 Å². The van der Waals surface area contributed by atoms with Crippen molar-refractivity contribution in [3.63, 3.8) is 0 Å². The summed E-state index contributed by atoms with van der Waals surface area (Å²) >= 11 is 0. The topological polar surface area (TPSA) is 119 Å². The molecule has 0 aliphatic rings. The fourth-order valence-electron chi connectivity index (χ4n) is 1.52. The molecule has 0 radical (unpaired) electrons. The van der Waals surface area contributed by atoms with Crippen molar-refractivity contribution in [3.05, 3.63) is 0 Å². The lowest BCUT2D eigenvalue weighted by molar-refractivity contribution is -0.144. The molecule has 1 amide bonds. The number of hydrogen-bond acceptors (Lipinski definition) is 5. The van der Waals surface area contributed by atoms with Crippen LogP contribution in [-0.4, -0.2) is 42.1 Å². The van der Waals surface area contributed by atoms with Crippen LogP contribution in [0, 0.1) is 5.92 Å². The highest BCUT2D eigenvalue weighted by atomic mass is 16.5. The van der Waals surface area contributed by atoms with Gasteiger partial charge in [0.1, 0.15) is 6.04 Å². The third-order valence-corrected chi connectivity index (χ3v) is 2.54. The molecule has 0 aromatic rings. The zero-order chi connectivity index (χ0) is 15.0. The minimum atomic E-state index is -1.20. The number of nitrogens with two attached hydrogens (primary N) is 1. The number of aliphatic carboxylic acids is 1. The molecule has 0 aliphatic heterocycles. The Hall–Kier alpha value is -1.63. The van der Waals surface area contributed by atoms with Crippen molar-refractivity contribution in [2.24, 2.45) is 11.7 Å². The number of carboxylic acids is 1. The summed E-state index contributed by atoms with van der Waals surface area (Å²) in [6.07, 6.45) is 0.366. The van der Waals surface area contributed by atoms with Crippen molar-refractivity contribution in [3.8, 4) is 0 Å². The number of amides is 1. The van der Waals surface area contributed by atoms with Gasteiger partial charge in [0.2, 0.25) is 5.91 Å². The fourth-order valence-corrected chi connectivity index (χ4v) is 1.52. The molecular weight excluding hydrogens is 252 g/mol. The predicted molar refractivity (Wildman–Crippen MR) is 68.2 cm³/mol. The Kier molecular flexibility index (Phi) is 7.74. The van der Waals surface area contributed by atoms with Crippen LogP contribution in [-0.2, 0) is 19.1 Å². The number of ether oxygens (including phenoxy) is 1. The summed E-state index contributed by atoms with van der Waals surface area (Å²) in [5, 5.41) is 11.3. The number of hydrogen-bond donors (Lipinski definition) is 3. The van der Waals surface area contributed by atoms with Crippen molar-refractivity contribution < 1.29 is 24.2 Å². The smallest absolute Gasteiger partial charge is 0.326 e. The van der Waals surface area contributed by atoms with Crippen LogP contribution in [0.5, 0.6) is 0 Å². The molecule has 110 valence electrons. The average molecular weight is 274 g/mol. The molecular formula is C12H22N2O5. The van der Waals surface area contributed by atoms with Gasteiger partial charge in [-0.2, -0.15) is 0 Å². The van der Waals surface area contributed by atoms with Gasteiger partial charge in [-0.15, -0.1) is 0 Å². The van der Waals surface area contributed by atoms with Gasteiger partial charge in [0.15, 0.2) is 0 Å². The van der Waals surface area contributed by atoms with Gasteiger partial charge in [-0.05, 0) is 18.8 Å². The summed E-state index contributed by atoms with van der Waals surface area (Å²) in [5.41, 5.74) is 5.65. The molecule has 0 bridgehead atoms. The largest absolute Gasteiger partial charge is 0.480 e. The highest BCUT2D eigenvalue weighted by Gasteiger charge is 2.24. The van der Waals surface area contributed by atoms with Gasteiger partial charge < -0.3 is 20.9 Å². The molecule has 0 spiro atoms. The van der Waals surface area contributed by atoms with Crippen LogP contribution in [0.3, 0.4) is 0 Å². The van der Waals surface area contributed by atoms with Gasteiger partial charge in [0.05, 0.1) is 13.2 Å². The molecule has 7 heteroatoms. The standard InChI is InChI=1S/C12H22N2O5/c1-7(2)6-8(13)11(16)14-9(12(17)18)4-5-10(15)19-3/h7-9H,4-6,13H2,1-3H3,(H,14,16)(H,17,18)/t8-,9?/m1/s1. The summed E-state index contributed by atoms with van der Waals surface area (Å²) in [6, 6.07) is -1.88. The second-order valence-electron chi connectivity index (χ2n) is 4.75. The molecule has 0 saturated carbocycles. The van der Waals surface area contributed by atoms with E-state index in [0.717, 1.165) is 0 Å². The number of methoxy groups -OCH3 is 1. The third kappa shape index (κ3) is 7.40. The maximum absolute atomic E-state index is 11.7. The van der Waals surface area contributed by atoms with Gasteiger partial charge in [-0.1, -0.05) is 13.8 Å².